The van der Waals surface area contributed by atoms with E-state index in [1.807, 2.05) is 73.1 Å². The molecule has 0 atom stereocenters. The number of rotatable bonds is 24. The predicted molar refractivity (Wildman–Crippen MR) is 630 cm³/mol. The smallest absolute Gasteiger partial charge is 0.0737 e. The Morgan fingerprint density at radius 1 is 0.193 bits per heavy atom. The largest absolute Gasteiger partial charge is 0.354 e. The van der Waals surface area contributed by atoms with E-state index in [2.05, 4.69) is 383 Å². The Kier molecular flexibility index (Phi) is 26.2. The number of nitrogens with zero attached hydrogens (tertiary/aromatic N) is 10. The first-order chi connectivity index (χ1) is 73.9. The molecule has 0 fully saturated rings. The maximum Gasteiger partial charge on any atom is 0.0737 e. The molecule has 7 aliphatic rings. The van der Waals surface area contributed by atoms with Crippen molar-refractivity contribution >= 4 is 139 Å². The monoisotopic (exact) mass is 1990 g/mol. The fourth-order valence-electron chi connectivity index (χ4n) is 23.2. The number of anilines is 4. The van der Waals surface area contributed by atoms with E-state index in [0.717, 1.165) is 349 Å². The molecule has 4 N–H and O–H groups in total. The zero-order valence-electron chi connectivity index (χ0n) is 85.8. The summed E-state index contributed by atoms with van der Waals surface area (Å²) in [7, 11) is 4.46. The zero-order valence-corrected chi connectivity index (χ0v) is 87.4. The molecule has 17 heterocycles. The first kappa shape index (κ1) is 94.8. The van der Waals surface area contributed by atoms with Crippen molar-refractivity contribution in [2.45, 2.75) is 176 Å². The highest BCUT2D eigenvalue weighted by molar-refractivity contribution is 8.00. The van der Waals surface area contributed by atoms with Crippen LogP contribution in [-0.4, -0.2) is 73.9 Å². The molecule has 16 heteroatoms. The maximum absolute atomic E-state index is 5.93. The van der Waals surface area contributed by atoms with Crippen LogP contribution in [0, 0.1) is 0 Å². The summed E-state index contributed by atoms with van der Waals surface area (Å²) in [5.41, 5.74) is 49.2. The molecule has 8 aromatic carbocycles. The summed E-state index contributed by atoms with van der Waals surface area (Å²) in [6.45, 7) is 9.20. The summed E-state index contributed by atoms with van der Waals surface area (Å²) in [5, 5.41) is 0. The van der Waals surface area contributed by atoms with Gasteiger partial charge in [0.25, 0.3) is 0 Å². The van der Waals surface area contributed by atoms with Crippen LogP contribution >= 0.6 is 23.5 Å². The summed E-state index contributed by atoms with van der Waals surface area (Å²) >= 11 is 3.72. The van der Waals surface area contributed by atoms with Crippen LogP contribution in [0.15, 0.2) is 312 Å². The first-order valence-corrected chi connectivity index (χ1v) is 55.5. The van der Waals surface area contributed by atoms with Gasteiger partial charge in [0, 0.05) is 172 Å². The Morgan fingerprint density at radius 3 is 0.587 bits per heavy atom. The Hall–Kier alpha value is -16.1. The summed E-state index contributed by atoms with van der Waals surface area (Å²) < 4.78 is 0. The number of fused-ring (bicyclic) bond motifs is 32. The van der Waals surface area contributed by atoms with Crippen molar-refractivity contribution in [2.24, 2.45) is 0 Å². The summed E-state index contributed by atoms with van der Waals surface area (Å²) in [6, 6.07) is 92.7. The molecule has 736 valence electrons. The number of benzene rings is 8. The predicted octanol–water partition coefficient (Wildman–Crippen LogP) is 36.5. The molecular formula is C134H118N14S2. The van der Waals surface area contributed by atoms with E-state index in [-0.39, 0.29) is 0 Å². The van der Waals surface area contributed by atoms with Crippen molar-refractivity contribution in [1.82, 2.24) is 59.8 Å². The van der Waals surface area contributed by atoms with Crippen LogP contribution in [0.1, 0.15) is 198 Å². The molecular weight excluding hydrogens is 1870 g/mol. The maximum atomic E-state index is 5.93. The number of aromatic nitrogens is 12. The minimum atomic E-state index is 0.838. The third-order valence-electron chi connectivity index (χ3n) is 30.8. The molecule has 0 aliphatic carbocycles. The highest BCUT2D eigenvalue weighted by atomic mass is 32.2. The van der Waals surface area contributed by atoms with Gasteiger partial charge in [0.05, 0.1) is 68.3 Å². The van der Waals surface area contributed by atoms with Crippen molar-refractivity contribution in [3.8, 4) is 134 Å². The van der Waals surface area contributed by atoms with E-state index >= 15 is 0 Å². The first-order valence-electron chi connectivity index (χ1n) is 53.8. The van der Waals surface area contributed by atoms with Gasteiger partial charge in [-0.05, 0) is 381 Å². The molecule has 150 heavy (non-hydrogen) atoms. The van der Waals surface area contributed by atoms with Crippen molar-refractivity contribution in [2.75, 3.05) is 23.9 Å². The normalized spacial score (nSPS) is 12.8. The molecule has 0 saturated heterocycles. The third-order valence-corrected chi connectivity index (χ3v) is 33.0. The third kappa shape index (κ3) is 18.7. The molecule has 0 spiro atoms. The highest BCUT2D eigenvalue weighted by Gasteiger charge is 2.31. The minimum Gasteiger partial charge on any atom is -0.354 e. The zero-order chi connectivity index (χ0) is 101. The van der Waals surface area contributed by atoms with Crippen LogP contribution in [0.25, 0.3) is 226 Å². The lowest BCUT2D eigenvalue weighted by Crippen LogP contribution is -2.14. The molecule has 14 nitrogen and oxygen atoms in total. The van der Waals surface area contributed by atoms with Crippen LogP contribution in [-0.2, 0) is 25.7 Å². The van der Waals surface area contributed by atoms with E-state index in [0.29, 0.717) is 0 Å². The van der Waals surface area contributed by atoms with Gasteiger partial charge in [-0.3, -0.25) is 19.9 Å². The molecule has 25 rings (SSSR count). The minimum absolute atomic E-state index is 0.838. The van der Waals surface area contributed by atoms with Gasteiger partial charge >= 0.3 is 0 Å². The van der Waals surface area contributed by atoms with Crippen molar-refractivity contribution in [1.29, 1.82) is 0 Å². The van der Waals surface area contributed by atoms with E-state index in [9.17, 15) is 0 Å². The summed E-state index contributed by atoms with van der Waals surface area (Å²) in [4.78, 5) is 68.3. The van der Waals surface area contributed by atoms with Gasteiger partial charge < -0.3 is 29.7 Å². The van der Waals surface area contributed by atoms with Gasteiger partial charge in [-0.15, -0.1) is 0 Å². The lowest BCUT2D eigenvalue weighted by atomic mass is 9.93. The second kappa shape index (κ2) is 41.5. The average Bonchev–Trinajstić information content (AvgIpc) is 1.35. The van der Waals surface area contributed by atoms with Gasteiger partial charge in [0.1, 0.15) is 0 Å². The second-order valence-electron chi connectivity index (χ2n) is 40.9. The molecule has 10 aromatic heterocycles. The molecule has 0 amide bonds. The molecule has 0 saturated carbocycles. The second-order valence-corrected chi connectivity index (χ2v) is 43.1. The Labute approximate surface area is 885 Å². The average molecular weight is 1990 g/mol. The van der Waals surface area contributed by atoms with Crippen molar-refractivity contribution < 1.29 is 0 Å². The van der Waals surface area contributed by atoms with Gasteiger partial charge in [-0.1, -0.05) is 201 Å². The SMILES string of the molecule is CCCCCCc1cc2cc(c1)-c1c3nc(c(-c4ccncc4)c4ccc([nH]4)c(c4nc(c(-c5ccncc5)c5ccc1[nH]5)C=C4)-c1cc(CCCCCC)cc(c1)-c1ccc4c(c1)Sc1cc(ccc1N4C)-c1cc(CCCCCC)cc(c1)-c1c4nc(c(-c5ccncc5)c5ccc([nH]5)c(c5nc(c(-c6ccncc6)c6ccc1[nH]6)C=C5)-c1cc(CCCCCC)cc(c1)-c1ccc5c(c1)Sc1cc-2ccc1N5C)C=C4)C=C3. The van der Waals surface area contributed by atoms with Crippen LogP contribution in [0.5, 0.6) is 0 Å². The van der Waals surface area contributed by atoms with Gasteiger partial charge in [0.2, 0.25) is 0 Å². The van der Waals surface area contributed by atoms with Crippen LogP contribution in [0.3, 0.4) is 0 Å². The Balaban J connectivity index is 0.746. The lowest BCUT2D eigenvalue weighted by molar-refractivity contribution is 0.667. The fourth-order valence-corrected chi connectivity index (χ4v) is 25.7. The van der Waals surface area contributed by atoms with E-state index in [4.69, 9.17) is 19.9 Å². The van der Waals surface area contributed by atoms with E-state index in [1.54, 1.807) is 0 Å². The van der Waals surface area contributed by atoms with Crippen LogP contribution in [0.4, 0.5) is 22.7 Å². The summed E-state index contributed by atoms with van der Waals surface area (Å²) in [5.74, 6) is 0. The lowest BCUT2D eigenvalue weighted by Gasteiger charge is -2.30. The fraction of sp³-hybridized carbons (Fsp3) is 0.194. The Morgan fingerprint density at radius 2 is 0.387 bits per heavy atom. The van der Waals surface area contributed by atoms with Gasteiger partial charge in [-0.25, -0.2) is 19.9 Å². The van der Waals surface area contributed by atoms with Crippen LogP contribution < -0.4 is 9.80 Å². The molecule has 0 radical (unpaired) electrons. The van der Waals surface area contributed by atoms with Crippen molar-refractivity contribution in [3.05, 3.63) is 360 Å². The number of aryl methyl sites for hydroxylation is 4. The number of pyridine rings is 4. The Bertz CT molecular complexity index is 7840. The number of nitrogens with one attached hydrogen (secondary N) is 4. The van der Waals surface area contributed by atoms with Gasteiger partial charge in [-0.2, -0.15) is 0 Å². The topological polar surface area (TPSA) is 173 Å². The number of hydrogen-bond donors (Lipinski definition) is 4. The molecule has 36 bridgehead atoms. The number of unbranched alkanes of at least 4 members (excludes halogenated alkanes) is 12. The van der Waals surface area contributed by atoms with Crippen LogP contribution in [0.2, 0.25) is 0 Å². The van der Waals surface area contributed by atoms with E-state index < -0.39 is 0 Å². The molecule has 18 aromatic rings. The van der Waals surface area contributed by atoms with E-state index in [1.165, 1.54) is 67.5 Å². The van der Waals surface area contributed by atoms with Gasteiger partial charge in [0.15, 0.2) is 0 Å². The number of aromatic amines is 4. The molecule has 0 unspecified atom stereocenters. The highest BCUT2D eigenvalue weighted by Crippen LogP contribution is 2.55. The molecule has 7 aliphatic heterocycles. The standard InChI is InChI=1S/C134H118N14S2/c1-7-11-15-19-23-83-67-95-75-99(71-83)131-111-39-31-103(139-111)127(87-51-59-135-60-52-87)105-33-41-113(141-105)132(114-42-34-106(142-114)128(88-53-61-136-62-54-88)104-32-40-112(131)140-104)101-73-85(25-21-17-13-9-3)69-97(77-101)93-29-49-121-125(81-93)150-126-82-94(30-50-122(126)148(121)6)98-70-86(26-22-18-14-10-4)74-102(78-98)134-117-45-37-109(145-117)129(89-55-63-137-64-56-89)107-35-43-115(143-107)133(116-44-36-108(144-116)130(90-57-65-138-66-58-90)110-38-46-118(134)146-110)100-72-84(24-20-16-12-8-2)68-96(76-100)92-28-48-120-124(80-92)149-123-79-91(95)27-47-119(123)147(120)5/h27-82,139,142-143,146H,7-26H2,1-6H3. The summed E-state index contributed by atoms with van der Waals surface area (Å²) in [6.07, 6.45) is 54.8. The van der Waals surface area contributed by atoms with Crippen molar-refractivity contribution in [3.63, 3.8) is 0 Å². The number of hydrogen-bond acceptors (Lipinski definition) is 12. The number of H-pyrrole nitrogens is 4. The quantitative estimate of drug-likeness (QED) is 0.0423.